The van der Waals surface area contributed by atoms with Gasteiger partial charge >= 0.3 is 5.97 Å². The number of anilines is 1. The Bertz CT molecular complexity index is 1480. The smallest absolute Gasteiger partial charge is 0.337 e. The van der Waals surface area contributed by atoms with Crippen LogP contribution in [-0.2, 0) is 14.3 Å². The van der Waals surface area contributed by atoms with Crippen LogP contribution in [0.4, 0.5) is 10.5 Å². The van der Waals surface area contributed by atoms with E-state index >= 15 is 0 Å². The van der Waals surface area contributed by atoms with Crippen molar-refractivity contribution >= 4 is 58.1 Å². The van der Waals surface area contributed by atoms with Gasteiger partial charge in [-0.25, -0.2) is 4.79 Å². The second-order valence-electron chi connectivity index (χ2n) is 8.45. The quantitative estimate of drug-likeness (QED) is 0.328. The first-order valence-electron chi connectivity index (χ1n) is 11.3. The largest absolute Gasteiger partial charge is 0.465 e. The highest BCUT2D eigenvalue weighted by atomic mass is 35.5. The van der Waals surface area contributed by atoms with Gasteiger partial charge in [-0.05, 0) is 80.1 Å². The maximum Gasteiger partial charge on any atom is 0.337 e. The lowest BCUT2D eigenvalue weighted by molar-refractivity contribution is -0.127. The van der Waals surface area contributed by atoms with E-state index in [-0.39, 0.29) is 4.91 Å². The Morgan fingerprint density at radius 1 is 1.08 bits per heavy atom. The highest BCUT2D eigenvalue weighted by Gasteiger charge is 2.36. The van der Waals surface area contributed by atoms with Gasteiger partial charge in [-0.1, -0.05) is 29.8 Å². The van der Waals surface area contributed by atoms with Gasteiger partial charge in [0.1, 0.15) is 6.54 Å². The zero-order valence-corrected chi connectivity index (χ0v) is 22.2. The maximum atomic E-state index is 13.0. The van der Waals surface area contributed by atoms with Gasteiger partial charge in [0.2, 0.25) is 5.91 Å². The van der Waals surface area contributed by atoms with E-state index in [1.807, 2.05) is 37.5 Å². The van der Waals surface area contributed by atoms with E-state index in [1.54, 1.807) is 42.5 Å². The summed E-state index contributed by atoms with van der Waals surface area (Å²) in [5, 5.41) is 2.45. The zero-order valence-electron chi connectivity index (χ0n) is 20.6. The number of esters is 1. The predicted octanol–water partition coefficient (Wildman–Crippen LogP) is 5.52. The summed E-state index contributed by atoms with van der Waals surface area (Å²) in [5.74, 6) is -1.51. The number of amides is 3. The van der Waals surface area contributed by atoms with E-state index in [0.29, 0.717) is 16.3 Å². The van der Waals surface area contributed by atoms with Crippen LogP contribution in [0.25, 0.3) is 11.8 Å². The average Bonchev–Trinajstić information content (AvgIpc) is 3.29. The highest BCUT2D eigenvalue weighted by molar-refractivity contribution is 8.18. The summed E-state index contributed by atoms with van der Waals surface area (Å²) in [7, 11) is 1.33. The molecule has 4 rings (SSSR count). The molecule has 2 heterocycles. The minimum absolute atomic E-state index is 0.218. The lowest BCUT2D eigenvalue weighted by atomic mass is 10.1. The van der Waals surface area contributed by atoms with Crippen molar-refractivity contribution in [2.75, 3.05) is 19.0 Å². The zero-order chi connectivity index (χ0) is 26.9. The fourth-order valence-electron chi connectivity index (χ4n) is 4.07. The Morgan fingerprint density at radius 3 is 2.51 bits per heavy atom. The van der Waals surface area contributed by atoms with Crippen molar-refractivity contribution in [3.8, 4) is 5.69 Å². The molecule has 10 heteroatoms. The Balaban J connectivity index is 1.58. The van der Waals surface area contributed by atoms with Crippen LogP contribution in [0, 0.1) is 20.8 Å². The van der Waals surface area contributed by atoms with Gasteiger partial charge in [0.05, 0.1) is 28.3 Å². The molecule has 0 radical (unpaired) electrons. The average molecular weight is 538 g/mol. The van der Waals surface area contributed by atoms with Crippen molar-refractivity contribution in [3.05, 3.63) is 86.5 Å². The summed E-state index contributed by atoms with van der Waals surface area (Å²) in [6.07, 6.45) is 1.65. The van der Waals surface area contributed by atoms with Gasteiger partial charge in [0.25, 0.3) is 11.1 Å². The number of halogens is 1. The van der Waals surface area contributed by atoms with Crippen molar-refractivity contribution < 1.29 is 23.9 Å². The third-order valence-electron chi connectivity index (χ3n) is 5.95. The molecule has 3 amide bonds. The fraction of sp³-hybridized carbons (Fsp3) is 0.185. The van der Waals surface area contributed by atoms with Crippen LogP contribution in [0.5, 0.6) is 0 Å². The molecular weight excluding hydrogens is 514 g/mol. The van der Waals surface area contributed by atoms with E-state index in [1.165, 1.54) is 7.11 Å². The minimum Gasteiger partial charge on any atom is -0.465 e. The van der Waals surface area contributed by atoms with Crippen LogP contribution in [0.15, 0.2) is 53.4 Å². The van der Waals surface area contributed by atoms with Crippen molar-refractivity contribution in [1.29, 1.82) is 0 Å². The van der Waals surface area contributed by atoms with Crippen molar-refractivity contribution in [2.24, 2.45) is 0 Å². The van der Waals surface area contributed by atoms with Crippen LogP contribution in [0.2, 0.25) is 5.02 Å². The van der Waals surface area contributed by atoms with Crippen LogP contribution < -0.4 is 5.32 Å². The number of aromatic nitrogens is 1. The minimum atomic E-state index is -0.544. The Morgan fingerprint density at radius 2 is 1.81 bits per heavy atom. The Labute approximate surface area is 223 Å². The number of hydrogen-bond acceptors (Lipinski definition) is 6. The number of para-hydroxylation sites is 1. The second-order valence-corrected chi connectivity index (χ2v) is 9.85. The number of nitrogens with zero attached hydrogens (tertiary/aromatic N) is 2. The molecule has 0 bridgehead atoms. The van der Waals surface area contributed by atoms with E-state index < -0.39 is 29.6 Å². The summed E-state index contributed by atoms with van der Waals surface area (Å²) >= 11 is 6.85. The number of nitrogens with one attached hydrogen (secondary N) is 1. The number of carbonyl (C=O) groups is 4. The van der Waals surface area contributed by atoms with Gasteiger partial charge in [0.15, 0.2) is 0 Å². The monoisotopic (exact) mass is 537 g/mol. The number of carbonyl (C=O) groups excluding carboxylic acids is 4. The van der Waals surface area contributed by atoms with E-state index in [4.69, 9.17) is 16.3 Å². The maximum absolute atomic E-state index is 13.0. The van der Waals surface area contributed by atoms with Gasteiger partial charge < -0.3 is 14.6 Å². The molecule has 0 atom stereocenters. The van der Waals surface area contributed by atoms with Crippen molar-refractivity contribution in [2.45, 2.75) is 20.8 Å². The molecule has 3 aromatic rings. The predicted molar refractivity (Wildman–Crippen MR) is 144 cm³/mol. The van der Waals surface area contributed by atoms with Crippen LogP contribution in [-0.4, -0.2) is 46.1 Å². The first-order valence-corrected chi connectivity index (χ1v) is 12.5. The van der Waals surface area contributed by atoms with Gasteiger partial charge in [-0.3, -0.25) is 19.3 Å². The normalized spacial score (nSPS) is 14.4. The molecule has 1 aliphatic heterocycles. The summed E-state index contributed by atoms with van der Waals surface area (Å²) in [6, 6.07) is 13.9. The first kappa shape index (κ1) is 26.2. The number of imide groups is 1. The topological polar surface area (TPSA) is 97.7 Å². The van der Waals surface area contributed by atoms with Crippen LogP contribution in [0.3, 0.4) is 0 Å². The lowest BCUT2D eigenvalue weighted by Gasteiger charge is -2.14. The van der Waals surface area contributed by atoms with Gasteiger partial charge in [-0.2, -0.15) is 0 Å². The molecule has 0 unspecified atom stereocenters. The molecule has 0 spiro atoms. The summed E-state index contributed by atoms with van der Waals surface area (Å²) in [6.45, 7) is 5.32. The van der Waals surface area contributed by atoms with E-state index in [2.05, 4.69) is 5.32 Å². The molecule has 1 aliphatic rings. The molecule has 1 N–H and O–H groups in total. The molecule has 8 nitrogen and oxygen atoms in total. The van der Waals surface area contributed by atoms with E-state index in [9.17, 15) is 19.2 Å². The van der Waals surface area contributed by atoms with Gasteiger partial charge in [0, 0.05) is 17.1 Å². The molecule has 1 fully saturated rings. The summed E-state index contributed by atoms with van der Waals surface area (Å²) in [4.78, 5) is 51.2. The third kappa shape index (κ3) is 5.33. The van der Waals surface area contributed by atoms with E-state index in [0.717, 1.165) is 44.9 Å². The number of thioether (sulfide) groups is 1. The third-order valence-corrected chi connectivity index (χ3v) is 7.19. The molecule has 0 saturated carbocycles. The fourth-order valence-corrected chi connectivity index (χ4v) is 5.09. The number of ether oxygens (including phenoxy) is 1. The molecule has 190 valence electrons. The Hall–Kier alpha value is -3.82. The molecule has 2 aromatic carbocycles. The van der Waals surface area contributed by atoms with Crippen LogP contribution in [0.1, 0.15) is 32.9 Å². The summed E-state index contributed by atoms with van der Waals surface area (Å²) in [5.41, 5.74) is 5.03. The number of aryl methyl sites for hydroxylation is 2. The number of rotatable bonds is 6. The number of hydrogen-bond donors (Lipinski definition) is 1. The molecule has 1 aromatic heterocycles. The SMILES string of the molecule is COC(=O)c1ccc(C)c(-n2c(C)cc(/C=C3/SC(=O)N(CC(=O)Nc4ccccc4Cl)C3=O)c2C)c1. The van der Waals surface area contributed by atoms with Gasteiger partial charge in [-0.15, -0.1) is 0 Å². The lowest BCUT2D eigenvalue weighted by Crippen LogP contribution is -2.36. The van der Waals surface area contributed by atoms with Crippen molar-refractivity contribution in [3.63, 3.8) is 0 Å². The summed E-state index contributed by atoms with van der Waals surface area (Å²) < 4.78 is 6.83. The molecule has 0 aliphatic carbocycles. The highest BCUT2D eigenvalue weighted by Crippen LogP contribution is 2.34. The molecule has 1 saturated heterocycles. The standard InChI is InChI=1S/C27H24ClN3O5S/c1-15-9-10-18(26(34)36-4)12-22(15)31-16(2)11-19(17(31)3)13-23-25(33)30(27(35)37-23)14-24(32)29-21-8-6-5-7-20(21)28/h5-13H,14H2,1-4H3,(H,29,32)/b23-13+. The Kier molecular flexibility index (Phi) is 7.56. The molecule has 37 heavy (non-hydrogen) atoms. The first-order chi connectivity index (χ1) is 17.6. The number of benzene rings is 2. The van der Waals surface area contributed by atoms with Crippen molar-refractivity contribution in [1.82, 2.24) is 9.47 Å². The second kappa shape index (κ2) is 10.7. The van der Waals surface area contributed by atoms with Crippen LogP contribution >= 0.6 is 23.4 Å². The molecular formula is C27H24ClN3O5S. The number of methoxy groups -OCH3 is 1.